The summed E-state index contributed by atoms with van der Waals surface area (Å²) in [6, 6.07) is 66.6. The fraction of sp³-hybridized carbons (Fsp3) is 0. The second-order valence-electron chi connectivity index (χ2n) is 13.3. The maximum Gasteiger partial charge on any atom is 0.0719 e. The SMILES string of the molecule is c1ccc(-c2cccc(-n3c4ccccc4c4cc(-c5ccc6c(c5)c5ccc7c8ccccc8sc7c5n6-c5ccccc5)ccc43)c2)cc1. The Morgan fingerprint density at radius 1 is 0.314 bits per heavy atom. The summed E-state index contributed by atoms with van der Waals surface area (Å²) >= 11 is 1.90. The van der Waals surface area contributed by atoms with Crippen molar-refractivity contribution in [3.05, 3.63) is 182 Å². The van der Waals surface area contributed by atoms with E-state index in [1.807, 2.05) is 11.3 Å². The number of nitrogens with zero attached hydrogens (tertiary/aromatic N) is 2. The van der Waals surface area contributed by atoms with Crippen LogP contribution in [-0.4, -0.2) is 9.13 Å². The molecule has 0 N–H and O–H groups in total. The Kier molecular flexibility index (Phi) is 6.16. The van der Waals surface area contributed by atoms with Gasteiger partial charge in [0.05, 0.1) is 26.8 Å². The smallest absolute Gasteiger partial charge is 0.0719 e. The van der Waals surface area contributed by atoms with Gasteiger partial charge in [0.15, 0.2) is 0 Å². The molecule has 238 valence electrons. The van der Waals surface area contributed by atoms with E-state index in [1.54, 1.807) is 0 Å². The van der Waals surface area contributed by atoms with Gasteiger partial charge in [0.1, 0.15) is 0 Å². The van der Waals surface area contributed by atoms with E-state index < -0.39 is 0 Å². The second kappa shape index (κ2) is 11.0. The minimum Gasteiger partial charge on any atom is -0.309 e. The lowest BCUT2D eigenvalue weighted by Gasteiger charge is -2.11. The van der Waals surface area contributed by atoms with Gasteiger partial charge in [0.2, 0.25) is 0 Å². The summed E-state index contributed by atoms with van der Waals surface area (Å²) in [4.78, 5) is 0. The molecule has 0 radical (unpaired) electrons. The lowest BCUT2D eigenvalue weighted by Crippen LogP contribution is -1.94. The number of hydrogen-bond donors (Lipinski definition) is 0. The van der Waals surface area contributed by atoms with Crippen LogP contribution in [0.1, 0.15) is 0 Å². The molecule has 0 aliphatic carbocycles. The van der Waals surface area contributed by atoms with E-state index in [0.717, 1.165) is 5.69 Å². The number of rotatable bonds is 4. The summed E-state index contributed by atoms with van der Waals surface area (Å²) < 4.78 is 7.53. The number of para-hydroxylation sites is 2. The molecule has 0 atom stereocenters. The quantitative estimate of drug-likeness (QED) is 0.177. The zero-order chi connectivity index (χ0) is 33.5. The number of hydrogen-bond acceptors (Lipinski definition) is 1. The van der Waals surface area contributed by atoms with E-state index in [1.165, 1.54) is 91.7 Å². The van der Waals surface area contributed by atoms with Crippen LogP contribution in [0, 0.1) is 0 Å². The molecule has 0 aliphatic heterocycles. The zero-order valence-electron chi connectivity index (χ0n) is 27.6. The van der Waals surface area contributed by atoms with Crippen LogP contribution in [0.2, 0.25) is 0 Å². The highest BCUT2D eigenvalue weighted by atomic mass is 32.1. The highest BCUT2D eigenvalue weighted by Gasteiger charge is 2.19. The molecular weight excluding hydrogens is 637 g/mol. The molecule has 0 bridgehead atoms. The van der Waals surface area contributed by atoms with Gasteiger partial charge in [0.25, 0.3) is 0 Å². The van der Waals surface area contributed by atoms with Gasteiger partial charge in [-0.1, -0.05) is 121 Å². The molecule has 51 heavy (non-hydrogen) atoms. The molecule has 3 heteroatoms. The van der Waals surface area contributed by atoms with Crippen LogP contribution in [0.15, 0.2) is 182 Å². The van der Waals surface area contributed by atoms with Gasteiger partial charge in [-0.2, -0.15) is 0 Å². The van der Waals surface area contributed by atoms with Crippen molar-refractivity contribution in [3.8, 4) is 33.6 Å². The molecule has 2 nitrogen and oxygen atoms in total. The lowest BCUT2D eigenvalue weighted by molar-refractivity contribution is 1.18. The van der Waals surface area contributed by atoms with Gasteiger partial charge in [0, 0.05) is 48.4 Å². The molecule has 0 saturated heterocycles. The highest BCUT2D eigenvalue weighted by Crippen LogP contribution is 2.44. The van der Waals surface area contributed by atoms with E-state index in [4.69, 9.17) is 0 Å². The molecule has 0 fully saturated rings. The van der Waals surface area contributed by atoms with Gasteiger partial charge < -0.3 is 9.13 Å². The molecule has 0 spiro atoms. The first-order valence-electron chi connectivity index (χ1n) is 17.4. The fourth-order valence-corrected chi connectivity index (χ4v) is 9.43. The Morgan fingerprint density at radius 2 is 0.882 bits per heavy atom. The van der Waals surface area contributed by atoms with Crippen LogP contribution in [0.5, 0.6) is 0 Å². The van der Waals surface area contributed by atoms with Crippen LogP contribution in [0.4, 0.5) is 0 Å². The average molecular weight is 667 g/mol. The largest absolute Gasteiger partial charge is 0.309 e. The zero-order valence-corrected chi connectivity index (χ0v) is 28.4. The third kappa shape index (κ3) is 4.29. The van der Waals surface area contributed by atoms with Crippen molar-refractivity contribution in [2.75, 3.05) is 0 Å². The number of fused-ring (bicyclic) bond motifs is 10. The van der Waals surface area contributed by atoms with Crippen molar-refractivity contribution >= 4 is 75.1 Å². The van der Waals surface area contributed by atoms with Crippen molar-refractivity contribution in [2.45, 2.75) is 0 Å². The van der Waals surface area contributed by atoms with E-state index in [9.17, 15) is 0 Å². The Balaban J connectivity index is 1.12. The standard InChI is InChI=1S/C48H30N2S/c1-3-12-31(13-4-1)32-14-11-17-36(28-32)49-43-20-9-7-18-37(43)41-29-33(22-26-44(41)49)34-23-27-45-42(30-34)39-24-25-40-38-19-8-10-21-46(38)51-48(40)47(39)50(45)35-15-5-2-6-16-35/h1-30H. The first kappa shape index (κ1) is 28.4. The van der Waals surface area contributed by atoms with E-state index in [0.29, 0.717) is 0 Å². The molecular formula is C48H30N2S. The Morgan fingerprint density at radius 3 is 1.69 bits per heavy atom. The first-order valence-corrected chi connectivity index (χ1v) is 18.3. The first-order chi connectivity index (χ1) is 25.3. The molecule has 0 saturated carbocycles. The van der Waals surface area contributed by atoms with Gasteiger partial charge in [-0.25, -0.2) is 0 Å². The summed E-state index contributed by atoms with van der Waals surface area (Å²) in [5.41, 5.74) is 12.1. The monoisotopic (exact) mass is 666 g/mol. The van der Waals surface area contributed by atoms with E-state index in [2.05, 4.69) is 191 Å². The third-order valence-electron chi connectivity index (χ3n) is 10.5. The number of benzene rings is 8. The second-order valence-corrected chi connectivity index (χ2v) is 14.4. The molecule has 3 heterocycles. The predicted molar refractivity (Wildman–Crippen MR) is 219 cm³/mol. The predicted octanol–water partition coefficient (Wildman–Crippen LogP) is 13.6. The topological polar surface area (TPSA) is 9.86 Å². The Hall–Kier alpha value is -6.42. The molecule has 8 aromatic carbocycles. The Labute approximate surface area is 298 Å². The van der Waals surface area contributed by atoms with Crippen LogP contribution in [0.25, 0.3) is 97.4 Å². The molecule has 0 unspecified atom stereocenters. The molecule has 0 amide bonds. The molecule has 3 aromatic heterocycles. The van der Waals surface area contributed by atoms with Crippen molar-refractivity contribution in [3.63, 3.8) is 0 Å². The summed E-state index contributed by atoms with van der Waals surface area (Å²) in [6.45, 7) is 0. The highest BCUT2D eigenvalue weighted by molar-refractivity contribution is 7.26. The Bertz CT molecular complexity index is 3130. The minimum atomic E-state index is 1.16. The van der Waals surface area contributed by atoms with Crippen molar-refractivity contribution in [1.29, 1.82) is 0 Å². The summed E-state index contributed by atoms with van der Waals surface area (Å²) in [7, 11) is 0. The normalized spacial score (nSPS) is 11.9. The number of thiophene rings is 1. The van der Waals surface area contributed by atoms with Crippen molar-refractivity contribution in [2.24, 2.45) is 0 Å². The summed E-state index contributed by atoms with van der Waals surface area (Å²) in [5, 5.41) is 7.71. The van der Waals surface area contributed by atoms with Gasteiger partial charge >= 0.3 is 0 Å². The van der Waals surface area contributed by atoms with E-state index in [-0.39, 0.29) is 0 Å². The van der Waals surface area contributed by atoms with Crippen LogP contribution >= 0.6 is 11.3 Å². The maximum atomic E-state index is 2.46. The maximum absolute atomic E-state index is 2.46. The third-order valence-corrected chi connectivity index (χ3v) is 11.7. The van der Waals surface area contributed by atoms with Crippen LogP contribution in [-0.2, 0) is 0 Å². The summed E-state index contributed by atoms with van der Waals surface area (Å²) in [5.74, 6) is 0. The van der Waals surface area contributed by atoms with Gasteiger partial charge in [-0.15, -0.1) is 11.3 Å². The minimum absolute atomic E-state index is 1.16. The van der Waals surface area contributed by atoms with Crippen LogP contribution < -0.4 is 0 Å². The van der Waals surface area contributed by atoms with Crippen molar-refractivity contribution in [1.82, 2.24) is 9.13 Å². The molecule has 11 aromatic rings. The number of aromatic nitrogens is 2. The summed E-state index contributed by atoms with van der Waals surface area (Å²) in [6.07, 6.45) is 0. The lowest BCUT2D eigenvalue weighted by atomic mass is 10.0. The van der Waals surface area contributed by atoms with Gasteiger partial charge in [-0.05, 0) is 82.9 Å². The average Bonchev–Trinajstić information content (AvgIpc) is 3.86. The van der Waals surface area contributed by atoms with E-state index >= 15 is 0 Å². The fourth-order valence-electron chi connectivity index (χ4n) is 8.19. The van der Waals surface area contributed by atoms with Gasteiger partial charge in [-0.3, -0.25) is 0 Å². The molecule has 0 aliphatic rings. The van der Waals surface area contributed by atoms with Crippen LogP contribution in [0.3, 0.4) is 0 Å². The molecule has 11 rings (SSSR count). The van der Waals surface area contributed by atoms with Crippen molar-refractivity contribution < 1.29 is 0 Å².